The Bertz CT molecular complexity index is 654. The number of nitrogens with one attached hydrogen (secondary N) is 1. The summed E-state index contributed by atoms with van der Waals surface area (Å²) in [5, 5.41) is 2.58. The number of carbonyl (C=O) groups excluding carboxylic acids is 1. The van der Waals surface area contributed by atoms with Gasteiger partial charge in [0.2, 0.25) is 5.91 Å². The highest BCUT2D eigenvalue weighted by molar-refractivity contribution is 7.91. The van der Waals surface area contributed by atoms with Gasteiger partial charge in [0, 0.05) is 24.9 Å². The van der Waals surface area contributed by atoms with Crippen molar-refractivity contribution in [2.45, 2.75) is 37.6 Å². The normalized spacial score (nSPS) is 12.8. The Morgan fingerprint density at radius 2 is 1.96 bits per heavy atom. The van der Waals surface area contributed by atoms with Crippen LogP contribution in [0, 0.1) is 5.92 Å². The third-order valence-electron chi connectivity index (χ3n) is 2.90. The van der Waals surface area contributed by atoms with E-state index < -0.39 is 22.7 Å². The Labute approximate surface area is 143 Å². The minimum absolute atomic E-state index is 0.120. The van der Waals surface area contributed by atoms with Crippen LogP contribution < -0.4 is 5.32 Å². The van der Waals surface area contributed by atoms with Crippen molar-refractivity contribution in [3.63, 3.8) is 0 Å². The van der Waals surface area contributed by atoms with Crippen molar-refractivity contribution >= 4 is 27.3 Å². The fourth-order valence-corrected chi connectivity index (χ4v) is 5.07. The molecule has 5 nitrogen and oxygen atoms in total. The van der Waals surface area contributed by atoms with Gasteiger partial charge in [0.25, 0.3) is 10.0 Å². The lowest BCUT2D eigenvalue weighted by molar-refractivity contribution is -0.136. The number of thiophene rings is 1. The lowest BCUT2D eigenvalue weighted by atomic mass is 10.2. The fraction of sp³-hybridized carbons (Fsp3) is 0.643. The Kier molecular flexibility index (Phi) is 7.24. The number of halogens is 3. The summed E-state index contributed by atoms with van der Waals surface area (Å²) in [5.74, 6) is -0.436. The summed E-state index contributed by atoms with van der Waals surface area (Å²) in [6.07, 6.45) is -4.18. The van der Waals surface area contributed by atoms with Gasteiger partial charge in [0.05, 0.1) is 0 Å². The molecule has 10 heteroatoms. The second kappa shape index (κ2) is 8.30. The molecule has 1 aromatic heterocycles. The van der Waals surface area contributed by atoms with E-state index in [4.69, 9.17) is 0 Å². The van der Waals surface area contributed by atoms with Crippen LogP contribution in [0.2, 0.25) is 0 Å². The molecular formula is C14H21F3N2O3S2. The van der Waals surface area contributed by atoms with Crippen LogP contribution in [0.3, 0.4) is 0 Å². The van der Waals surface area contributed by atoms with Crippen LogP contribution >= 0.6 is 11.3 Å². The van der Waals surface area contributed by atoms with Gasteiger partial charge in [-0.25, -0.2) is 8.42 Å². The van der Waals surface area contributed by atoms with Gasteiger partial charge in [-0.1, -0.05) is 13.8 Å². The highest BCUT2D eigenvalue weighted by atomic mass is 32.2. The molecular weight excluding hydrogens is 365 g/mol. The van der Waals surface area contributed by atoms with Crippen molar-refractivity contribution in [3.05, 3.63) is 17.0 Å². The molecule has 1 amide bonds. The fourth-order valence-electron chi connectivity index (χ4n) is 1.98. The zero-order chi connectivity index (χ0) is 18.5. The van der Waals surface area contributed by atoms with Gasteiger partial charge in [0.1, 0.15) is 10.8 Å². The van der Waals surface area contributed by atoms with Crippen molar-refractivity contribution in [3.8, 4) is 0 Å². The van der Waals surface area contributed by atoms with Gasteiger partial charge in [-0.3, -0.25) is 4.79 Å². The average Bonchev–Trinajstić information content (AvgIpc) is 2.84. The zero-order valence-electron chi connectivity index (χ0n) is 13.7. The molecule has 0 saturated heterocycles. The third-order valence-corrected chi connectivity index (χ3v) is 6.33. The summed E-state index contributed by atoms with van der Waals surface area (Å²) in [6.45, 7) is 3.31. The number of amides is 1. The molecule has 0 aliphatic carbocycles. The van der Waals surface area contributed by atoms with Gasteiger partial charge in [0.15, 0.2) is 0 Å². The van der Waals surface area contributed by atoms with E-state index in [0.717, 1.165) is 11.3 Å². The van der Waals surface area contributed by atoms with Gasteiger partial charge < -0.3 is 5.32 Å². The molecule has 0 aliphatic heterocycles. The summed E-state index contributed by atoms with van der Waals surface area (Å²) in [6, 6.07) is 2.87. The molecule has 138 valence electrons. The molecule has 0 radical (unpaired) electrons. The van der Waals surface area contributed by atoms with E-state index in [0.29, 0.717) is 22.1 Å². The second-order valence-corrected chi connectivity index (χ2v) is 9.09. The molecule has 0 bridgehead atoms. The van der Waals surface area contributed by atoms with E-state index in [1.807, 2.05) is 0 Å². The lowest BCUT2D eigenvalue weighted by Gasteiger charge is -2.24. The van der Waals surface area contributed by atoms with Crippen molar-refractivity contribution in [1.82, 2.24) is 9.62 Å². The molecule has 0 saturated carbocycles. The minimum Gasteiger partial charge on any atom is -0.356 e. The number of hydrogen-bond acceptors (Lipinski definition) is 4. The molecule has 0 fully saturated rings. The lowest BCUT2D eigenvalue weighted by Crippen LogP contribution is -2.40. The summed E-state index contributed by atoms with van der Waals surface area (Å²) in [5.41, 5.74) is 0. The van der Waals surface area contributed by atoms with Crippen LogP contribution in [0.1, 0.15) is 25.6 Å². The number of alkyl halides is 3. The molecule has 0 aliphatic rings. The first-order chi connectivity index (χ1) is 10.9. The molecule has 1 N–H and O–H groups in total. The SMILES string of the molecule is CC(=O)NCCc1ccc(S(=O)(=O)N(CC(C)C)CC(F)(F)F)s1. The zero-order valence-corrected chi connectivity index (χ0v) is 15.3. The third kappa shape index (κ3) is 6.78. The molecule has 0 aromatic carbocycles. The van der Waals surface area contributed by atoms with Crippen LogP contribution in [-0.4, -0.2) is 44.4 Å². The largest absolute Gasteiger partial charge is 0.402 e. The molecule has 0 atom stereocenters. The standard InChI is InChI=1S/C14H21F3N2O3S2/c1-10(2)8-19(9-14(15,16)17)24(21,22)13-5-4-12(23-13)6-7-18-11(3)20/h4-5,10H,6-9H2,1-3H3,(H,18,20). The van der Waals surface area contributed by atoms with E-state index >= 15 is 0 Å². The van der Waals surface area contributed by atoms with E-state index in [-0.39, 0.29) is 22.6 Å². The van der Waals surface area contributed by atoms with Gasteiger partial charge >= 0.3 is 6.18 Å². The topological polar surface area (TPSA) is 66.5 Å². The van der Waals surface area contributed by atoms with Crippen LogP contribution in [0.5, 0.6) is 0 Å². The van der Waals surface area contributed by atoms with E-state index in [9.17, 15) is 26.4 Å². The minimum atomic E-state index is -4.60. The quantitative estimate of drug-likeness (QED) is 0.747. The Balaban J connectivity index is 2.94. The smallest absolute Gasteiger partial charge is 0.356 e. The summed E-state index contributed by atoms with van der Waals surface area (Å²) < 4.78 is 63.5. The molecule has 0 spiro atoms. The maximum Gasteiger partial charge on any atom is 0.402 e. The Morgan fingerprint density at radius 3 is 2.46 bits per heavy atom. The van der Waals surface area contributed by atoms with Crippen LogP contribution in [0.4, 0.5) is 13.2 Å². The molecule has 24 heavy (non-hydrogen) atoms. The maximum absolute atomic E-state index is 12.7. The molecule has 1 rings (SSSR count). The van der Waals surface area contributed by atoms with Crippen LogP contribution in [-0.2, 0) is 21.2 Å². The number of nitrogens with zero attached hydrogens (tertiary/aromatic N) is 1. The first kappa shape index (κ1) is 20.9. The van der Waals surface area contributed by atoms with Crippen LogP contribution in [0.15, 0.2) is 16.3 Å². The first-order valence-electron chi connectivity index (χ1n) is 7.32. The van der Waals surface area contributed by atoms with Gasteiger partial charge in [-0.2, -0.15) is 17.5 Å². The predicted molar refractivity (Wildman–Crippen MR) is 86.4 cm³/mol. The Hall–Kier alpha value is -1.13. The van der Waals surface area contributed by atoms with E-state index in [1.54, 1.807) is 19.9 Å². The highest BCUT2D eigenvalue weighted by Gasteiger charge is 2.37. The second-order valence-electron chi connectivity index (χ2n) is 5.76. The maximum atomic E-state index is 12.7. The summed E-state index contributed by atoms with van der Waals surface area (Å²) in [7, 11) is -4.21. The number of carbonyl (C=O) groups is 1. The summed E-state index contributed by atoms with van der Waals surface area (Å²) >= 11 is 0.925. The van der Waals surface area contributed by atoms with Gasteiger partial charge in [-0.05, 0) is 24.5 Å². The monoisotopic (exact) mass is 386 g/mol. The number of rotatable bonds is 8. The molecule has 1 heterocycles. The highest BCUT2D eigenvalue weighted by Crippen LogP contribution is 2.28. The van der Waals surface area contributed by atoms with Crippen molar-refractivity contribution in [2.75, 3.05) is 19.6 Å². The number of hydrogen-bond donors (Lipinski definition) is 1. The van der Waals surface area contributed by atoms with Crippen molar-refractivity contribution in [2.24, 2.45) is 5.92 Å². The van der Waals surface area contributed by atoms with Crippen LogP contribution in [0.25, 0.3) is 0 Å². The Morgan fingerprint density at radius 1 is 1.33 bits per heavy atom. The predicted octanol–water partition coefficient (Wildman–Crippen LogP) is 2.64. The molecule has 1 aromatic rings. The summed E-state index contributed by atoms with van der Waals surface area (Å²) in [4.78, 5) is 11.5. The van der Waals surface area contributed by atoms with E-state index in [2.05, 4.69) is 5.32 Å². The van der Waals surface area contributed by atoms with E-state index in [1.165, 1.54) is 13.0 Å². The average molecular weight is 386 g/mol. The van der Waals surface area contributed by atoms with Gasteiger partial charge in [-0.15, -0.1) is 11.3 Å². The molecule has 0 unspecified atom stereocenters. The van der Waals surface area contributed by atoms with Crippen molar-refractivity contribution < 1.29 is 26.4 Å². The van der Waals surface area contributed by atoms with Crippen molar-refractivity contribution in [1.29, 1.82) is 0 Å². The number of sulfonamides is 1. The first-order valence-corrected chi connectivity index (χ1v) is 9.57.